The predicted octanol–water partition coefficient (Wildman–Crippen LogP) is 0.0278. The zero-order valence-electron chi connectivity index (χ0n) is 2.16. The van der Waals surface area contributed by atoms with Gasteiger partial charge in [-0.3, -0.25) is 0 Å². The second-order valence-corrected chi connectivity index (χ2v) is 0.0816. The Labute approximate surface area is 40.9 Å². The van der Waals surface area contributed by atoms with Gasteiger partial charge in [-0.2, -0.15) is 0 Å². The Bertz CT molecular complexity index is 6.85. The van der Waals surface area contributed by atoms with E-state index in [1.54, 1.807) is 0 Å². The van der Waals surface area contributed by atoms with Crippen molar-refractivity contribution in [2.24, 2.45) is 0 Å². The topological polar surface area (TPSA) is 49.7 Å². The molecule has 0 aliphatic heterocycles. The molecule has 0 amide bonds. The van der Waals surface area contributed by atoms with Crippen LogP contribution in [0.5, 0.6) is 0 Å². The molecule has 0 saturated heterocycles. The molecule has 0 unspecified atom stereocenters. The quantitative estimate of drug-likeness (QED) is 0.268. The molecule has 0 aromatic rings. The molecular weight excluding hydrogens is 116 g/mol. The first-order chi connectivity index (χ1) is 1.41. The third kappa shape index (κ3) is 159. The van der Waals surface area contributed by atoms with E-state index in [0.29, 0.717) is 0 Å². The van der Waals surface area contributed by atoms with Crippen LogP contribution < -0.4 is 0 Å². The molecule has 2 N–H and O–H groups in total. The van der Waals surface area contributed by atoms with Gasteiger partial charge in [0, 0.05) is 24.5 Å². The second-order valence-electron chi connectivity index (χ2n) is 0.0816. The molecule has 5 heavy (non-hydrogen) atoms. The van der Waals surface area contributed by atoms with Gasteiger partial charge in [0.05, 0.1) is 0 Å². The van der Waals surface area contributed by atoms with Crippen LogP contribution >= 0.6 is 0 Å². The summed E-state index contributed by atoms with van der Waals surface area (Å²) in [6.07, 6.45) is 0. The van der Waals surface area contributed by atoms with E-state index in [4.69, 9.17) is 10.5 Å². The summed E-state index contributed by atoms with van der Waals surface area (Å²) in [7, 11) is 0. The smallest absolute Gasteiger partial charge is 0 e. The zero-order chi connectivity index (χ0) is 2.71. The minimum atomic E-state index is 0. The number of hydrogen-bond donors (Lipinski definition) is 2. The Morgan fingerprint density at radius 3 is 1.20 bits per heavy atom. The molecular formula is CH2FeO3. The molecule has 0 aromatic carbocycles. The van der Waals surface area contributed by atoms with Gasteiger partial charge in [0.1, 0.15) is 0 Å². The van der Waals surface area contributed by atoms with E-state index >= 15 is 0 Å². The van der Waals surface area contributed by atoms with E-state index in [2.05, 4.69) is 5.04 Å². The molecule has 32 valence electrons. The van der Waals surface area contributed by atoms with Crippen LogP contribution in [-0.2, 0) is 22.1 Å². The summed E-state index contributed by atoms with van der Waals surface area (Å²) >= 11 is 0. The minimum absolute atomic E-state index is 0. The maximum absolute atomic E-state index is 6.62. The average molecular weight is 118 g/mol. The molecule has 0 rings (SSSR count). The Balaban J connectivity index is -0.0000000200. The standard InChI is InChI=1S/C.Fe.H2O3/c;;1-3-2/h;;1-2H. The molecule has 0 bridgehead atoms. The maximum atomic E-state index is 6.62. The van der Waals surface area contributed by atoms with Gasteiger partial charge in [-0.1, -0.05) is 5.04 Å². The van der Waals surface area contributed by atoms with Crippen molar-refractivity contribution in [2.75, 3.05) is 0 Å². The van der Waals surface area contributed by atoms with E-state index < -0.39 is 0 Å². The molecule has 0 atom stereocenters. The van der Waals surface area contributed by atoms with E-state index in [9.17, 15) is 0 Å². The van der Waals surface area contributed by atoms with Crippen LogP contribution in [0.3, 0.4) is 0 Å². The fourth-order valence-electron chi connectivity index (χ4n) is 0. The summed E-state index contributed by atoms with van der Waals surface area (Å²) in [6, 6.07) is 0. The van der Waals surface area contributed by atoms with Crippen LogP contribution in [-0.4, -0.2) is 10.5 Å². The van der Waals surface area contributed by atoms with Crippen molar-refractivity contribution < 1.29 is 32.6 Å². The SMILES string of the molecule is OOO.[C].[Fe]. The molecule has 0 fully saturated rings. The molecule has 4 heteroatoms. The van der Waals surface area contributed by atoms with Gasteiger partial charge in [0.15, 0.2) is 0 Å². The van der Waals surface area contributed by atoms with Crippen molar-refractivity contribution in [1.82, 2.24) is 0 Å². The Hall–Kier alpha value is 0.399. The van der Waals surface area contributed by atoms with E-state index in [1.807, 2.05) is 0 Å². The van der Waals surface area contributed by atoms with Gasteiger partial charge in [-0.05, 0) is 0 Å². The summed E-state index contributed by atoms with van der Waals surface area (Å²) in [4.78, 5) is 0. The largest absolute Gasteiger partial charge is 0.221 e. The fourth-order valence-corrected chi connectivity index (χ4v) is 0. The molecule has 4 radical (unpaired) electrons. The molecule has 0 saturated carbocycles. The molecule has 0 heterocycles. The van der Waals surface area contributed by atoms with E-state index in [1.165, 1.54) is 0 Å². The van der Waals surface area contributed by atoms with Gasteiger partial charge >= 0.3 is 0 Å². The van der Waals surface area contributed by atoms with Gasteiger partial charge in [-0.25, -0.2) is 10.5 Å². The van der Waals surface area contributed by atoms with Crippen LogP contribution in [0, 0.1) is 7.43 Å². The third-order valence-corrected chi connectivity index (χ3v) is 0. The third-order valence-electron chi connectivity index (χ3n) is 0. The first-order valence-corrected chi connectivity index (χ1v) is 0.365. The first-order valence-electron chi connectivity index (χ1n) is 0.365. The normalized spacial score (nSPS) is 3.60. The van der Waals surface area contributed by atoms with Crippen molar-refractivity contribution in [3.63, 3.8) is 0 Å². The van der Waals surface area contributed by atoms with E-state index in [-0.39, 0.29) is 24.5 Å². The van der Waals surface area contributed by atoms with Crippen molar-refractivity contribution in [3.8, 4) is 0 Å². The summed E-state index contributed by atoms with van der Waals surface area (Å²) in [6.45, 7) is 0. The van der Waals surface area contributed by atoms with E-state index in [0.717, 1.165) is 0 Å². The maximum Gasteiger partial charge on any atom is 0 e. The second kappa shape index (κ2) is 26.0. The van der Waals surface area contributed by atoms with Crippen LogP contribution in [0.25, 0.3) is 0 Å². The monoisotopic (exact) mass is 118 g/mol. The van der Waals surface area contributed by atoms with Crippen molar-refractivity contribution in [3.05, 3.63) is 7.43 Å². The zero-order valence-corrected chi connectivity index (χ0v) is 3.26. The van der Waals surface area contributed by atoms with Crippen LogP contribution in [0.4, 0.5) is 0 Å². The van der Waals surface area contributed by atoms with Crippen molar-refractivity contribution in [1.29, 1.82) is 0 Å². The Kier molecular flexibility index (Phi) is 94.2. The predicted molar refractivity (Wildman–Crippen MR) is 9.59 cm³/mol. The Morgan fingerprint density at radius 1 is 1.20 bits per heavy atom. The van der Waals surface area contributed by atoms with Crippen LogP contribution in [0.2, 0.25) is 0 Å². The van der Waals surface area contributed by atoms with Gasteiger partial charge in [-0.15, -0.1) is 0 Å². The van der Waals surface area contributed by atoms with Crippen LogP contribution in [0.1, 0.15) is 0 Å². The fraction of sp³-hybridized carbons (Fsp3) is 0. The van der Waals surface area contributed by atoms with Gasteiger partial charge < -0.3 is 0 Å². The van der Waals surface area contributed by atoms with Crippen molar-refractivity contribution in [2.45, 2.75) is 0 Å². The first kappa shape index (κ1) is 18.2. The molecule has 3 nitrogen and oxygen atoms in total. The number of rotatable bonds is 0. The summed E-state index contributed by atoms with van der Waals surface area (Å²) in [5, 5.41) is 15.5. The average Bonchev–Trinajstić information content (AvgIpc) is 0.918. The van der Waals surface area contributed by atoms with Crippen LogP contribution in [0.15, 0.2) is 0 Å². The summed E-state index contributed by atoms with van der Waals surface area (Å²) in [5.41, 5.74) is 0. The molecule has 0 spiro atoms. The number of hydrogen-bond acceptors (Lipinski definition) is 3. The Morgan fingerprint density at radius 2 is 1.20 bits per heavy atom. The van der Waals surface area contributed by atoms with Crippen molar-refractivity contribution >= 4 is 0 Å². The minimum Gasteiger partial charge on any atom is -0.221 e. The van der Waals surface area contributed by atoms with Gasteiger partial charge in [0.25, 0.3) is 0 Å². The van der Waals surface area contributed by atoms with Gasteiger partial charge in [0.2, 0.25) is 0 Å². The molecule has 0 aromatic heterocycles. The molecule has 0 aliphatic rings. The summed E-state index contributed by atoms with van der Waals surface area (Å²) < 4.78 is 0. The summed E-state index contributed by atoms with van der Waals surface area (Å²) in [5.74, 6) is 0. The molecule has 0 aliphatic carbocycles.